The van der Waals surface area contributed by atoms with Gasteiger partial charge in [0, 0.05) is 51.0 Å². The Kier molecular flexibility index (Phi) is 9.19. The van der Waals surface area contributed by atoms with Crippen LogP contribution in [0.4, 0.5) is 23.5 Å². The molecule has 0 spiro atoms. The fraction of sp³-hybridized carbons (Fsp3) is 0.583. The number of aryl methyl sites for hydroxylation is 1. The van der Waals surface area contributed by atoms with Gasteiger partial charge in [-0.3, -0.25) is 14.5 Å². The van der Waals surface area contributed by atoms with E-state index in [1.165, 1.54) is 7.11 Å². The third-order valence-electron chi connectivity index (χ3n) is 5.43. The summed E-state index contributed by atoms with van der Waals surface area (Å²) in [4.78, 5) is 35.3. The van der Waals surface area contributed by atoms with E-state index in [1.54, 1.807) is 12.1 Å². The summed E-state index contributed by atoms with van der Waals surface area (Å²) < 4.78 is 5.42. The molecule has 1 aliphatic rings. The molecule has 1 fully saturated rings. The number of hydrogen-bond donors (Lipinski definition) is 3. The standard InChI is InChI=1S/C24H38N8O3/c1-17-7-8-18(20(33)30-34-6)15-19(17)26-22-27-21(25-9-10-32-11-13-35-14-12-32)28-23(29-22)31(5)16-24(2,3)4/h7-8,15H,9-14,16H2,1-6H3,(H,30,33)(H2,25,26,27,28,29). The highest BCUT2D eigenvalue weighted by Crippen LogP contribution is 2.23. The largest absolute Gasteiger partial charge is 0.379 e. The molecule has 3 N–H and O–H groups in total. The van der Waals surface area contributed by atoms with E-state index in [1.807, 2.05) is 24.9 Å². The summed E-state index contributed by atoms with van der Waals surface area (Å²) in [6, 6.07) is 5.35. The normalized spacial score (nSPS) is 14.5. The minimum absolute atomic E-state index is 0.0680. The number of nitrogens with zero attached hydrogens (tertiary/aromatic N) is 5. The van der Waals surface area contributed by atoms with Crippen LogP contribution in [0.5, 0.6) is 0 Å². The monoisotopic (exact) mass is 486 g/mol. The zero-order chi connectivity index (χ0) is 25.4. The van der Waals surface area contributed by atoms with Gasteiger partial charge >= 0.3 is 0 Å². The number of benzene rings is 1. The molecular weight excluding hydrogens is 448 g/mol. The molecule has 0 saturated carbocycles. The predicted octanol–water partition coefficient (Wildman–Crippen LogP) is 2.44. The van der Waals surface area contributed by atoms with Crippen molar-refractivity contribution in [2.75, 3.05) is 75.6 Å². The number of carbonyl (C=O) groups excluding carboxylic acids is 1. The van der Waals surface area contributed by atoms with Crippen LogP contribution in [-0.4, -0.2) is 85.9 Å². The van der Waals surface area contributed by atoms with Crippen LogP contribution in [0.2, 0.25) is 0 Å². The summed E-state index contributed by atoms with van der Waals surface area (Å²) in [7, 11) is 3.38. The molecule has 192 valence electrons. The third kappa shape index (κ3) is 8.30. The first-order chi connectivity index (χ1) is 16.6. The molecule has 1 aromatic carbocycles. The number of rotatable bonds is 10. The quantitative estimate of drug-likeness (QED) is 0.432. The fourth-order valence-electron chi connectivity index (χ4n) is 3.77. The van der Waals surface area contributed by atoms with Crippen molar-refractivity contribution in [1.29, 1.82) is 0 Å². The zero-order valence-corrected chi connectivity index (χ0v) is 21.6. The second-order valence-corrected chi connectivity index (χ2v) is 9.87. The highest BCUT2D eigenvalue weighted by atomic mass is 16.6. The maximum atomic E-state index is 12.2. The lowest BCUT2D eigenvalue weighted by Crippen LogP contribution is -2.39. The van der Waals surface area contributed by atoms with E-state index in [-0.39, 0.29) is 11.3 Å². The maximum Gasteiger partial charge on any atom is 0.274 e. The molecule has 35 heavy (non-hydrogen) atoms. The summed E-state index contributed by atoms with van der Waals surface area (Å²) in [5.74, 6) is 1.13. The SMILES string of the molecule is CONC(=O)c1ccc(C)c(Nc2nc(NCCN3CCOCC3)nc(N(C)CC(C)(C)C)n2)c1. The van der Waals surface area contributed by atoms with Crippen molar-refractivity contribution in [3.63, 3.8) is 0 Å². The van der Waals surface area contributed by atoms with Gasteiger partial charge in [0.2, 0.25) is 17.8 Å². The minimum atomic E-state index is -0.331. The number of amides is 1. The molecule has 2 aromatic rings. The molecule has 1 aromatic heterocycles. The van der Waals surface area contributed by atoms with E-state index in [9.17, 15) is 4.79 Å². The van der Waals surface area contributed by atoms with Crippen LogP contribution in [-0.2, 0) is 9.57 Å². The van der Waals surface area contributed by atoms with Crippen LogP contribution in [0.25, 0.3) is 0 Å². The number of aromatic nitrogens is 3. The Balaban J connectivity index is 1.82. The van der Waals surface area contributed by atoms with Gasteiger partial charge < -0.3 is 20.3 Å². The highest BCUT2D eigenvalue weighted by Gasteiger charge is 2.18. The average molecular weight is 487 g/mol. The van der Waals surface area contributed by atoms with E-state index in [4.69, 9.17) is 9.57 Å². The molecule has 0 unspecified atom stereocenters. The molecule has 0 bridgehead atoms. The molecule has 11 nitrogen and oxygen atoms in total. The molecule has 0 aliphatic carbocycles. The van der Waals surface area contributed by atoms with E-state index in [2.05, 4.69) is 56.7 Å². The van der Waals surface area contributed by atoms with Gasteiger partial charge in [0.15, 0.2) is 0 Å². The molecule has 0 radical (unpaired) electrons. The number of ether oxygens (including phenoxy) is 1. The van der Waals surface area contributed by atoms with E-state index in [0.29, 0.717) is 30.0 Å². The molecule has 1 amide bonds. The average Bonchev–Trinajstić information content (AvgIpc) is 2.80. The highest BCUT2D eigenvalue weighted by molar-refractivity contribution is 5.94. The number of nitrogens with one attached hydrogen (secondary N) is 3. The van der Waals surface area contributed by atoms with Gasteiger partial charge in [-0.2, -0.15) is 15.0 Å². The van der Waals surface area contributed by atoms with Crippen molar-refractivity contribution < 1.29 is 14.4 Å². The van der Waals surface area contributed by atoms with Crippen molar-refractivity contribution in [3.05, 3.63) is 29.3 Å². The summed E-state index contributed by atoms with van der Waals surface area (Å²) in [5.41, 5.74) is 4.55. The minimum Gasteiger partial charge on any atom is -0.379 e. The van der Waals surface area contributed by atoms with Crippen molar-refractivity contribution in [2.24, 2.45) is 5.41 Å². The summed E-state index contributed by atoms with van der Waals surface area (Å²) >= 11 is 0. The molecular formula is C24H38N8O3. The van der Waals surface area contributed by atoms with Crippen molar-refractivity contribution in [1.82, 2.24) is 25.3 Å². The van der Waals surface area contributed by atoms with Gasteiger partial charge in [-0.1, -0.05) is 26.8 Å². The smallest absolute Gasteiger partial charge is 0.274 e. The Labute approximate surface area is 207 Å². The Morgan fingerprint density at radius 1 is 1.17 bits per heavy atom. The van der Waals surface area contributed by atoms with Crippen LogP contribution in [0.1, 0.15) is 36.7 Å². The van der Waals surface area contributed by atoms with E-state index >= 15 is 0 Å². The lowest BCUT2D eigenvalue weighted by atomic mass is 9.96. The summed E-state index contributed by atoms with van der Waals surface area (Å²) in [5, 5.41) is 6.62. The Morgan fingerprint density at radius 3 is 2.57 bits per heavy atom. The molecule has 2 heterocycles. The zero-order valence-electron chi connectivity index (χ0n) is 21.6. The second-order valence-electron chi connectivity index (χ2n) is 9.87. The number of carbonyl (C=O) groups is 1. The second kappa shape index (κ2) is 12.1. The van der Waals surface area contributed by atoms with Gasteiger partial charge in [0.05, 0.1) is 20.3 Å². The van der Waals surface area contributed by atoms with Crippen LogP contribution in [0, 0.1) is 12.3 Å². The van der Waals surface area contributed by atoms with Gasteiger partial charge in [-0.25, -0.2) is 5.48 Å². The number of hydrogen-bond acceptors (Lipinski definition) is 10. The van der Waals surface area contributed by atoms with E-state index < -0.39 is 0 Å². The van der Waals surface area contributed by atoms with Gasteiger partial charge in [-0.15, -0.1) is 0 Å². The summed E-state index contributed by atoms with van der Waals surface area (Å²) in [6.45, 7) is 14.2. The first-order valence-electron chi connectivity index (χ1n) is 11.9. The topological polar surface area (TPSA) is 117 Å². The van der Waals surface area contributed by atoms with Crippen LogP contribution in [0.15, 0.2) is 18.2 Å². The van der Waals surface area contributed by atoms with Crippen molar-refractivity contribution in [3.8, 4) is 0 Å². The van der Waals surface area contributed by atoms with Gasteiger partial charge in [0.25, 0.3) is 5.91 Å². The van der Waals surface area contributed by atoms with Crippen LogP contribution in [0.3, 0.4) is 0 Å². The Hall–Kier alpha value is -3.02. The van der Waals surface area contributed by atoms with Gasteiger partial charge in [-0.05, 0) is 30.0 Å². The van der Waals surface area contributed by atoms with Crippen LogP contribution < -0.4 is 21.0 Å². The first kappa shape index (κ1) is 26.6. The number of morpholine rings is 1. The number of anilines is 4. The third-order valence-corrected chi connectivity index (χ3v) is 5.43. The fourth-order valence-corrected chi connectivity index (χ4v) is 3.77. The molecule has 1 saturated heterocycles. The Morgan fingerprint density at radius 2 is 1.89 bits per heavy atom. The Bertz CT molecular complexity index is 989. The van der Waals surface area contributed by atoms with Crippen LogP contribution >= 0.6 is 0 Å². The summed E-state index contributed by atoms with van der Waals surface area (Å²) in [6.07, 6.45) is 0. The van der Waals surface area contributed by atoms with Crippen molar-refractivity contribution >= 4 is 29.4 Å². The van der Waals surface area contributed by atoms with Crippen molar-refractivity contribution in [2.45, 2.75) is 27.7 Å². The maximum absolute atomic E-state index is 12.2. The predicted molar refractivity (Wildman–Crippen MR) is 137 cm³/mol. The molecule has 11 heteroatoms. The molecule has 1 aliphatic heterocycles. The van der Waals surface area contributed by atoms with E-state index in [0.717, 1.165) is 50.6 Å². The first-order valence-corrected chi connectivity index (χ1v) is 11.9. The lowest BCUT2D eigenvalue weighted by Gasteiger charge is -2.27. The van der Waals surface area contributed by atoms with Gasteiger partial charge in [0.1, 0.15) is 0 Å². The molecule has 0 atom stereocenters. The lowest BCUT2D eigenvalue weighted by molar-refractivity contribution is 0.0398. The molecule has 3 rings (SSSR count). The number of hydroxylamine groups is 1.